The van der Waals surface area contributed by atoms with Gasteiger partial charge in [-0.3, -0.25) is 9.98 Å². The Bertz CT molecular complexity index is 470. The van der Waals surface area contributed by atoms with Crippen molar-refractivity contribution < 1.29 is 44.3 Å². The van der Waals surface area contributed by atoms with E-state index in [9.17, 15) is 27.5 Å². The second-order valence-electron chi connectivity index (χ2n) is 5.85. The predicted octanol–water partition coefficient (Wildman–Crippen LogP) is 3.13. The van der Waals surface area contributed by atoms with Gasteiger partial charge in [0.05, 0.1) is 0 Å². The minimum absolute atomic E-state index is 0. The van der Waals surface area contributed by atoms with E-state index in [4.69, 9.17) is 0 Å². The standard InChI is InChI=1S/2C5H5NO.2C3H9P.BF4.Co/c2*7-4-5-2-1-3-6-5;2*1-4(2)3;2-1(3,4)5;/h2*1-4,7H;2*1-3H3;;/q;;;;-1;+3/b2*5-4-;;;;. The molecule has 0 atom stereocenters. The van der Waals surface area contributed by atoms with Crippen LogP contribution in [-0.4, -0.2) is 59.7 Å². The molecule has 2 heterocycles. The van der Waals surface area contributed by atoms with Crippen molar-refractivity contribution >= 4 is 35.5 Å². The molecule has 0 radical (unpaired) electrons. The van der Waals surface area contributed by atoms with E-state index in [0.717, 1.165) is 12.5 Å². The van der Waals surface area contributed by atoms with Crippen molar-refractivity contribution in [1.82, 2.24) is 0 Å². The molecule has 28 heavy (non-hydrogen) atoms. The van der Waals surface area contributed by atoms with Gasteiger partial charge in [-0.05, 0) is 40.1 Å². The molecule has 12 heteroatoms. The third-order valence-corrected chi connectivity index (χ3v) is 1.39. The van der Waals surface area contributed by atoms with Gasteiger partial charge in [0.1, 0.15) is 0 Å². The minimum Gasteiger partial charge on any atom is -0.876 e. The number of hydrogen-bond acceptors (Lipinski definition) is 4. The molecule has 2 rings (SSSR count). The second-order valence-corrected chi connectivity index (χ2v) is 11.9. The van der Waals surface area contributed by atoms with Crippen LogP contribution >= 0.6 is 15.8 Å². The molecule has 162 valence electrons. The first-order valence-corrected chi connectivity index (χ1v) is 13.8. The molecule has 2 aliphatic rings. The molecule has 4 nitrogen and oxygen atoms in total. The first-order valence-electron chi connectivity index (χ1n) is 7.80. The molecule has 0 saturated heterocycles. The van der Waals surface area contributed by atoms with Crippen LogP contribution in [0.2, 0.25) is 0 Å². The van der Waals surface area contributed by atoms with Gasteiger partial charge >= 0.3 is 24.0 Å². The largest absolute Gasteiger partial charge is 3.00 e. The average molecular weight is 488 g/mol. The zero-order chi connectivity index (χ0) is 21.9. The minimum atomic E-state index is -6.00. The summed E-state index contributed by atoms with van der Waals surface area (Å²) < 4.78 is 39.0. The van der Waals surface area contributed by atoms with Crippen molar-refractivity contribution in [3.05, 3.63) is 48.2 Å². The van der Waals surface area contributed by atoms with Crippen molar-refractivity contribution in [2.24, 2.45) is 9.98 Å². The number of halogens is 4. The molecule has 0 amide bonds. The fourth-order valence-electron chi connectivity index (χ4n) is 0.767. The van der Waals surface area contributed by atoms with Gasteiger partial charge in [-0.15, -0.1) is 12.5 Å². The fourth-order valence-corrected chi connectivity index (χ4v) is 0.767. The summed E-state index contributed by atoms with van der Waals surface area (Å²) in [5.74, 6) is 0. The van der Waals surface area contributed by atoms with Gasteiger partial charge < -0.3 is 27.5 Å². The quantitative estimate of drug-likeness (QED) is 0.228. The Kier molecular flexibility index (Phi) is 27.6. The van der Waals surface area contributed by atoms with Crippen LogP contribution in [0.3, 0.4) is 0 Å². The maximum absolute atomic E-state index is 9.81. The molecule has 0 aromatic rings. The summed E-state index contributed by atoms with van der Waals surface area (Å²) in [5, 5.41) is 19.6. The average Bonchev–Trinajstić information content (AvgIpc) is 3.18. The van der Waals surface area contributed by atoms with E-state index in [0.29, 0.717) is 11.4 Å². The maximum atomic E-state index is 9.81. The molecule has 0 unspecified atom stereocenters. The van der Waals surface area contributed by atoms with Gasteiger partial charge in [-0.1, -0.05) is 0 Å². The summed E-state index contributed by atoms with van der Waals surface area (Å²) in [7, 11) is -5.76. The maximum Gasteiger partial charge on any atom is 3.00 e. The molecule has 2 aliphatic heterocycles. The number of nitrogens with zero attached hydrogens (tertiary/aromatic N) is 2. The van der Waals surface area contributed by atoms with Crippen LogP contribution in [0.1, 0.15) is 0 Å². The number of rotatable bonds is 0. The molecular weight excluding hydrogens is 460 g/mol. The monoisotopic (exact) mass is 488 g/mol. The number of hydrogen-bond donors (Lipinski definition) is 0. The molecule has 0 aromatic heterocycles. The zero-order valence-corrected chi connectivity index (χ0v) is 19.8. The first-order chi connectivity index (χ1) is 12.3. The molecule has 0 fully saturated rings. The van der Waals surface area contributed by atoms with Crippen molar-refractivity contribution in [1.29, 1.82) is 0 Å². The van der Waals surface area contributed by atoms with E-state index >= 15 is 0 Å². The predicted molar refractivity (Wildman–Crippen MR) is 114 cm³/mol. The van der Waals surface area contributed by atoms with Crippen molar-refractivity contribution in [3.63, 3.8) is 0 Å². The van der Waals surface area contributed by atoms with Crippen molar-refractivity contribution in [3.8, 4) is 0 Å². The fraction of sp³-hybridized carbons (Fsp3) is 0.375. The zero-order valence-electron chi connectivity index (χ0n) is 16.8. The molecule has 0 N–H and O–H groups in total. The molecule has 0 aliphatic carbocycles. The normalized spacial score (nSPS) is 15.7. The third-order valence-electron chi connectivity index (χ3n) is 1.39. The van der Waals surface area contributed by atoms with Crippen LogP contribution in [0.15, 0.2) is 58.2 Å². The number of allylic oxidation sites excluding steroid dienone is 4. The Morgan fingerprint density at radius 1 is 0.750 bits per heavy atom. The Morgan fingerprint density at radius 3 is 1.04 bits per heavy atom. The molecule has 0 aromatic carbocycles. The van der Waals surface area contributed by atoms with E-state index in [1.807, 2.05) is 0 Å². The Labute approximate surface area is 178 Å². The molecule has 0 spiro atoms. The van der Waals surface area contributed by atoms with Crippen molar-refractivity contribution in [2.75, 3.05) is 40.0 Å². The summed E-state index contributed by atoms with van der Waals surface area (Å²) in [6, 6.07) is 0. The summed E-state index contributed by atoms with van der Waals surface area (Å²) in [4.78, 5) is 7.33. The van der Waals surface area contributed by atoms with Crippen LogP contribution in [0, 0.1) is 0 Å². The van der Waals surface area contributed by atoms with Crippen LogP contribution < -0.4 is 10.2 Å². The van der Waals surface area contributed by atoms with E-state index in [1.54, 1.807) is 36.7 Å². The van der Waals surface area contributed by atoms with E-state index in [2.05, 4.69) is 50.0 Å². The second kappa shape index (κ2) is 22.3. The molecule has 0 bridgehead atoms. The van der Waals surface area contributed by atoms with Crippen molar-refractivity contribution in [2.45, 2.75) is 0 Å². The van der Waals surface area contributed by atoms with Gasteiger partial charge in [-0.25, -0.2) is 0 Å². The van der Waals surface area contributed by atoms with Gasteiger partial charge in [0.25, 0.3) is 0 Å². The van der Waals surface area contributed by atoms with E-state index in [-0.39, 0.29) is 32.6 Å². The Hall–Kier alpha value is -0.949. The molecule has 0 saturated carbocycles. The third kappa shape index (κ3) is 49.8. The van der Waals surface area contributed by atoms with Gasteiger partial charge in [0.15, 0.2) is 0 Å². The SMILES string of the molecule is C[PH+](C)C.C[PH+](C)C.F[B-](F)(F)F.[Co+3].[O-]/C=C1/C=CC=N1.[O-]/C=C1/C=CC=N1. The summed E-state index contributed by atoms with van der Waals surface area (Å²) in [6.07, 6.45) is 11.4. The number of aliphatic imine (C=N–C) groups is 2. The molecular formula is C16H28BCoF4N2O2P2+2. The van der Waals surface area contributed by atoms with E-state index in [1.165, 1.54) is 0 Å². The van der Waals surface area contributed by atoms with Crippen LogP contribution in [0.25, 0.3) is 0 Å². The van der Waals surface area contributed by atoms with E-state index < -0.39 is 7.25 Å². The van der Waals surface area contributed by atoms with Crippen LogP contribution in [0.5, 0.6) is 0 Å². The van der Waals surface area contributed by atoms with Gasteiger partial charge in [0.2, 0.25) is 0 Å². The Balaban J connectivity index is -0.000000131. The summed E-state index contributed by atoms with van der Waals surface area (Å²) >= 11 is 0. The summed E-state index contributed by atoms with van der Waals surface area (Å²) in [6.45, 7) is 13.6. The van der Waals surface area contributed by atoms with Gasteiger partial charge in [-0.2, -0.15) is 0 Å². The Morgan fingerprint density at radius 2 is 0.964 bits per heavy atom. The van der Waals surface area contributed by atoms with Crippen LogP contribution in [-0.2, 0) is 16.8 Å². The smallest absolute Gasteiger partial charge is 0.876 e. The van der Waals surface area contributed by atoms with Gasteiger partial charge in [0, 0.05) is 63.8 Å². The first kappa shape index (κ1) is 34.6. The van der Waals surface area contributed by atoms with Crippen LogP contribution in [0.4, 0.5) is 17.3 Å². The topological polar surface area (TPSA) is 70.8 Å². The summed E-state index contributed by atoms with van der Waals surface area (Å²) in [5.41, 5.74) is 1.00.